The number of aromatic nitrogens is 1. The van der Waals surface area contributed by atoms with Gasteiger partial charge in [0.2, 0.25) is 0 Å². The lowest BCUT2D eigenvalue weighted by Crippen LogP contribution is -2.42. The molecule has 17 heavy (non-hydrogen) atoms. The number of carbonyl (C=O) groups is 2. The molecule has 0 spiro atoms. The van der Waals surface area contributed by atoms with Crippen LogP contribution in [0.15, 0.2) is 18.5 Å². The van der Waals surface area contributed by atoms with Crippen LogP contribution in [0.3, 0.4) is 0 Å². The van der Waals surface area contributed by atoms with Crippen molar-refractivity contribution in [1.82, 2.24) is 9.88 Å². The van der Waals surface area contributed by atoms with E-state index in [0.717, 1.165) is 0 Å². The monoisotopic (exact) mass is 234 g/mol. The highest BCUT2D eigenvalue weighted by molar-refractivity contribution is 6.01. The van der Waals surface area contributed by atoms with E-state index in [2.05, 4.69) is 4.98 Å². The second-order valence-corrected chi connectivity index (χ2v) is 4.48. The Morgan fingerprint density at radius 3 is 2.35 bits per heavy atom. The SMILES string of the molecule is CC(C)N(C(=O)c1ccncc1C=O)C(C)C. The number of amides is 1. The van der Waals surface area contributed by atoms with E-state index in [1.807, 2.05) is 27.7 Å². The van der Waals surface area contributed by atoms with Crippen LogP contribution in [0.5, 0.6) is 0 Å². The molecule has 0 aliphatic rings. The summed E-state index contributed by atoms with van der Waals surface area (Å²) in [5.41, 5.74) is 0.751. The number of aldehydes is 1. The molecule has 4 heteroatoms. The van der Waals surface area contributed by atoms with Crippen LogP contribution >= 0.6 is 0 Å². The van der Waals surface area contributed by atoms with E-state index in [9.17, 15) is 9.59 Å². The lowest BCUT2D eigenvalue weighted by molar-refractivity contribution is 0.0641. The summed E-state index contributed by atoms with van der Waals surface area (Å²) in [6.45, 7) is 7.83. The first kappa shape index (κ1) is 13.4. The minimum atomic E-state index is -0.125. The van der Waals surface area contributed by atoms with Crippen LogP contribution in [0.25, 0.3) is 0 Å². The third kappa shape index (κ3) is 2.90. The number of hydrogen-bond donors (Lipinski definition) is 0. The topological polar surface area (TPSA) is 50.3 Å². The molecule has 0 N–H and O–H groups in total. The van der Waals surface area contributed by atoms with Gasteiger partial charge < -0.3 is 4.90 Å². The van der Waals surface area contributed by atoms with Gasteiger partial charge in [0, 0.05) is 30.0 Å². The van der Waals surface area contributed by atoms with Crippen molar-refractivity contribution >= 4 is 12.2 Å². The van der Waals surface area contributed by atoms with Crippen molar-refractivity contribution in [3.05, 3.63) is 29.6 Å². The van der Waals surface area contributed by atoms with E-state index in [-0.39, 0.29) is 18.0 Å². The maximum Gasteiger partial charge on any atom is 0.255 e. The van der Waals surface area contributed by atoms with Gasteiger partial charge in [-0.05, 0) is 33.8 Å². The summed E-state index contributed by atoms with van der Waals surface area (Å²) in [6, 6.07) is 1.77. The Labute approximate surface area is 102 Å². The predicted octanol–water partition coefficient (Wildman–Crippen LogP) is 2.15. The van der Waals surface area contributed by atoms with Crippen molar-refractivity contribution in [2.45, 2.75) is 39.8 Å². The Balaban J connectivity index is 3.14. The zero-order valence-electron chi connectivity index (χ0n) is 10.7. The number of carbonyl (C=O) groups excluding carboxylic acids is 2. The molecular weight excluding hydrogens is 216 g/mol. The molecule has 92 valence electrons. The molecule has 0 aliphatic heterocycles. The number of hydrogen-bond acceptors (Lipinski definition) is 3. The lowest BCUT2D eigenvalue weighted by Gasteiger charge is -2.31. The molecular formula is C13H18N2O2. The molecule has 4 nitrogen and oxygen atoms in total. The van der Waals surface area contributed by atoms with Crippen LogP contribution in [0.4, 0.5) is 0 Å². The highest BCUT2D eigenvalue weighted by Crippen LogP contribution is 2.14. The van der Waals surface area contributed by atoms with Gasteiger partial charge in [0.15, 0.2) is 6.29 Å². The van der Waals surface area contributed by atoms with Crippen LogP contribution in [-0.2, 0) is 0 Å². The van der Waals surface area contributed by atoms with Crippen molar-refractivity contribution in [2.75, 3.05) is 0 Å². The van der Waals surface area contributed by atoms with Gasteiger partial charge in [0.05, 0.1) is 5.56 Å². The molecule has 1 amide bonds. The summed E-state index contributed by atoms with van der Waals surface area (Å²) in [4.78, 5) is 28.8. The third-order valence-corrected chi connectivity index (χ3v) is 2.56. The van der Waals surface area contributed by atoms with Crippen molar-refractivity contribution < 1.29 is 9.59 Å². The first-order valence-corrected chi connectivity index (χ1v) is 5.70. The first-order valence-electron chi connectivity index (χ1n) is 5.70. The molecule has 0 bridgehead atoms. The molecule has 1 rings (SSSR count). The zero-order chi connectivity index (χ0) is 13.0. The van der Waals surface area contributed by atoms with E-state index < -0.39 is 0 Å². The summed E-state index contributed by atoms with van der Waals surface area (Å²) in [7, 11) is 0. The van der Waals surface area contributed by atoms with Gasteiger partial charge in [-0.25, -0.2) is 0 Å². The van der Waals surface area contributed by atoms with Gasteiger partial charge in [-0.3, -0.25) is 14.6 Å². The molecule has 0 unspecified atom stereocenters. The summed E-state index contributed by atoms with van der Waals surface area (Å²) in [5, 5.41) is 0. The maximum absolute atomic E-state index is 12.3. The Bertz CT molecular complexity index is 406. The van der Waals surface area contributed by atoms with Gasteiger partial charge in [-0.2, -0.15) is 0 Å². The van der Waals surface area contributed by atoms with Crippen molar-refractivity contribution in [3.8, 4) is 0 Å². The molecule has 0 radical (unpaired) electrons. The smallest absolute Gasteiger partial charge is 0.255 e. The highest BCUT2D eigenvalue weighted by Gasteiger charge is 2.23. The van der Waals surface area contributed by atoms with E-state index in [1.165, 1.54) is 12.4 Å². The number of rotatable bonds is 4. The van der Waals surface area contributed by atoms with E-state index in [0.29, 0.717) is 17.4 Å². The van der Waals surface area contributed by atoms with Crippen molar-refractivity contribution in [3.63, 3.8) is 0 Å². The first-order chi connectivity index (χ1) is 7.99. The quantitative estimate of drug-likeness (QED) is 0.750. The fraction of sp³-hybridized carbons (Fsp3) is 0.462. The largest absolute Gasteiger partial charge is 0.334 e. The minimum Gasteiger partial charge on any atom is -0.334 e. The van der Waals surface area contributed by atoms with E-state index >= 15 is 0 Å². The molecule has 1 aromatic heterocycles. The fourth-order valence-electron chi connectivity index (χ4n) is 1.90. The average Bonchev–Trinajstić information content (AvgIpc) is 2.27. The maximum atomic E-state index is 12.3. The van der Waals surface area contributed by atoms with Crippen LogP contribution in [0.1, 0.15) is 48.4 Å². The predicted molar refractivity (Wildman–Crippen MR) is 66.1 cm³/mol. The molecule has 0 saturated carbocycles. The highest BCUT2D eigenvalue weighted by atomic mass is 16.2. The Morgan fingerprint density at radius 2 is 1.88 bits per heavy atom. The standard InChI is InChI=1S/C13H18N2O2/c1-9(2)15(10(3)4)13(17)12-5-6-14-7-11(12)8-16/h5-10H,1-4H3. The Kier molecular flexibility index (Phi) is 4.37. The zero-order valence-corrected chi connectivity index (χ0v) is 10.7. The molecule has 1 heterocycles. The normalized spacial score (nSPS) is 10.7. The summed E-state index contributed by atoms with van der Waals surface area (Å²) in [6.07, 6.45) is 3.61. The lowest BCUT2D eigenvalue weighted by atomic mass is 10.1. The number of nitrogens with zero attached hydrogens (tertiary/aromatic N) is 2. The summed E-state index contributed by atoms with van der Waals surface area (Å²) < 4.78 is 0. The van der Waals surface area contributed by atoms with Crippen LogP contribution < -0.4 is 0 Å². The second-order valence-electron chi connectivity index (χ2n) is 4.48. The van der Waals surface area contributed by atoms with Gasteiger partial charge in [-0.1, -0.05) is 0 Å². The van der Waals surface area contributed by atoms with Crippen LogP contribution in [0.2, 0.25) is 0 Å². The minimum absolute atomic E-state index is 0.0927. The Hall–Kier alpha value is -1.71. The van der Waals surface area contributed by atoms with Crippen LogP contribution in [0, 0.1) is 0 Å². The molecule has 0 atom stereocenters. The van der Waals surface area contributed by atoms with Gasteiger partial charge in [0.1, 0.15) is 0 Å². The van der Waals surface area contributed by atoms with E-state index in [1.54, 1.807) is 11.0 Å². The molecule has 0 saturated heterocycles. The molecule has 0 aromatic carbocycles. The molecule has 0 aliphatic carbocycles. The van der Waals surface area contributed by atoms with Crippen LogP contribution in [-0.4, -0.2) is 34.2 Å². The third-order valence-electron chi connectivity index (χ3n) is 2.56. The number of pyridine rings is 1. The van der Waals surface area contributed by atoms with Gasteiger partial charge in [-0.15, -0.1) is 0 Å². The Morgan fingerprint density at radius 1 is 1.29 bits per heavy atom. The summed E-state index contributed by atoms with van der Waals surface area (Å²) >= 11 is 0. The van der Waals surface area contributed by atoms with Gasteiger partial charge >= 0.3 is 0 Å². The van der Waals surface area contributed by atoms with E-state index in [4.69, 9.17) is 0 Å². The second kappa shape index (κ2) is 5.57. The summed E-state index contributed by atoms with van der Waals surface area (Å²) in [5.74, 6) is -0.125. The van der Waals surface area contributed by atoms with Gasteiger partial charge in [0.25, 0.3) is 5.91 Å². The van der Waals surface area contributed by atoms with Crippen molar-refractivity contribution in [1.29, 1.82) is 0 Å². The van der Waals surface area contributed by atoms with Crippen molar-refractivity contribution in [2.24, 2.45) is 0 Å². The molecule has 1 aromatic rings. The average molecular weight is 234 g/mol. The fourth-order valence-corrected chi connectivity index (χ4v) is 1.90. The molecule has 0 fully saturated rings.